The van der Waals surface area contributed by atoms with Crippen LogP contribution in [0.5, 0.6) is 0 Å². The standard InChI is InChI=1S/C27H25N3O7/c1-16(31)22-21(17-9-11-19(12-10-17)30(34)35)27(23-20-8-4-3-7-18(20)15-28-29(22)23)24(32)36-26(37-25(27)33)13-5-2-6-14-26/h3-4,7-12,15,21-23H,2,5-6,13-14H2,1H3/t21-,22-,23+/m0/s1. The van der Waals surface area contributed by atoms with Crippen LogP contribution in [0, 0.1) is 15.5 Å². The third-order valence-electron chi connectivity index (χ3n) is 8.14. The molecule has 4 aliphatic rings. The Morgan fingerprint density at radius 2 is 1.68 bits per heavy atom. The van der Waals surface area contributed by atoms with Crippen molar-refractivity contribution in [3.8, 4) is 0 Å². The first-order chi connectivity index (χ1) is 17.8. The SMILES string of the molecule is CC(=O)[C@H]1[C@H](c2ccc([N+](=O)[O-])cc2)C2(C(=O)OC3(CCCCC3)OC2=O)[C@H]2c3ccccc3C=NN12. The Hall–Kier alpha value is -4.08. The summed E-state index contributed by atoms with van der Waals surface area (Å²) in [5.41, 5.74) is -0.300. The van der Waals surface area contributed by atoms with E-state index in [1.807, 2.05) is 12.1 Å². The van der Waals surface area contributed by atoms with Crippen molar-refractivity contribution in [2.45, 2.75) is 62.8 Å². The van der Waals surface area contributed by atoms with Crippen LogP contribution < -0.4 is 0 Å². The van der Waals surface area contributed by atoms with Gasteiger partial charge in [0.05, 0.1) is 11.1 Å². The molecule has 10 heteroatoms. The van der Waals surface area contributed by atoms with Gasteiger partial charge in [0.25, 0.3) is 11.5 Å². The zero-order valence-electron chi connectivity index (χ0n) is 20.2. The molecule has 3 heterocycles. The largest absolute Gasteiger partial charge is 0.422 e. The van der Waals surface area contributed by atoms with E-state index in [-0.39, 0.29) is 11.5 Å². The number of nitro groups is 1. The second-order valence-corrected chi connectivity index (χ2v) is 10.2. The number of hydrogen-bond donors (Lipinski definition) is 0. The van der Waals surface area contributed by atoms with Crippen LogP contribution >= 0.6 is 0 Å². The number of carbonyl (C=O) groups excluding carboxylic acids is 3. The second kappa shape index (κ2) is 8.22. The normalized spacial score (nSPS) is 26.8. The Morgan fingerprint density at radius 3 is 2.30 bits per heavy atom. The minimum Gasteiger partial charge on any atom is -0.422 e. The number of hydrazone groups is 1. The van der Waals surface area contributed by atoms with Crippen molar-refractivity contribution in [3.63, 3.8) is 0 Å². The summed E-state index contributed by atoms with van der Waals surface area (Å²) in [5.74, 6) is -4.16. The van der Waals surface area contributed by atoms with Gasteiger partial charge in [-0.05, 0) is 36.5 Å². The van der Waals surface area contributed by atoms with Gasteiger partial charge in [0.15, 0.2) is 5.78 Å². The number of carbonyl (C=O) groups is 3. The van der Waals surface area contributed by atoms with Gasteiger partial charge in [0, 0.05) is 30.9 Å². The molecule has 0 radical (unpaired) electrons. The summed E-state index contributed by atoms with van der Waals surface area (Å²) < 4.78 is 12.1. The van der Waals surface area contributed by atoms with E-state index in [1.165, 1.54) is 36.2 Å². The predicted octanol–water partition coefficient (Wildman–Crippen LogP) is 3.79. The van der Waals surface area contributed by atoms with Crippen LogP contribution in [0.15, 0.2) is 53.6 Å². The highest BCUT2D eigenvalue weighted by atomic mass is 16.7. The molecule has 37 heavy (non-hydrogen) atoms. The van der Waals surface area contributed by atoms with Crippen molar-refractivity contribution in [2.75, 3.05) is 0 Å². The van der Waals surface area contributed by atoms with Gasteiger partial charge in [-0.1, -0.05) is 42.8 Å². The summed E-state index contributed by atoms with van der Waals surface area (Å²) in [6.45, 7) is 1.39. The first kappa shape index (κ1) is 23.3. The third-order valence-corrected chi connectivity index (χ3v) is 8.14. The van der Waals surface area contributed by atoms with Gasteiger partial charge in [-0.2, -0.15) is 5.10 Å². The molecule has 6 rings (SSSR count). The summed E-state index contributed by atoms with van der Waals surface area (Å²) in [6.07, 6.45) is 4.92. The lowest BCUT2D eigenvalue weighted by atomic mass is 9.65. The predicted molar refractivity (Wildman–Crippen MR) is 129 cm³/mol. The Labute approximate surface area is 212 Å². The summed E-state index contributed by atoms with van der Waals surface area (Å²) in [5, 5.41) is 17.4. The number of esters is 2. The van der Waals surface area contributed by atoms with Gasteiger partial charge in [-0.15, -0.1) is 0 Å². The van der Waals surface area contributed by atoms with Crippen LogP contribution in [0.4, 0.5) is 5.69 Å². The molecule has 1 saturated carbocycles. The first-order valence-electron chi connectivity index (χ1n) is 12.4. The second-order valence-electron chi connectivity index (χ2n) is 10.2. The van der Waals surface area contributed by atoms with E-state index in [1.54, 1.807) is 18.3 Å². The van der Waals surface area contributed by atoms with E-state index < -0.39 is 46.1 Å². The highest BCUT2D eigenvalue weighted by Crippen LogP contribution is 2.63. The molecule has 2 saturated heterocycles. The lowest BCUT2D eigenvalue weighted by molar-refractivity contribution is -0.384. The van der Waals surface area contributed by atoms with Gasteiger partial charge >= 0.3 is 11.9 Å². The maximum atomic E-state index is 14.3. The molecule has 0 N–H and O–H groups in total. The van der Waals surface area contributed by atoms with Crippen LogP contribution in [0.1, 0.15) is 67.7 Å². The number of benzene rings is 2. The number of fused-ring (bicyclic) bond motifs is 4. The molecule has 0 amide bonds. The molecule has 3 fully saturated rings. The first-order valence-corrected chi connectivity index (χ1v) is 12.4. The number of ketones is 1. The average molecular weight is 504 g/mol. The number of nitro benzene ring substituents is 1. The number of nitrogens with zero attached hydrogens (tertiary/aromatic N) is 3. The van der Waals surface area contributed by atoms with Gasteiger partial charge in [-0.25, -0.2) is 0 Å². The fourth-order valence-electron chi connectivity index (χ4n) is 6.53. The lowest BCUT2D eigenvalue weighted by Crippen LogP contribution is -2.60. The highest BCUT2D eigenvalue weighted by Gasteiger charge is 2.75. The van der Waals surface area contributed by atoms with E-state index in [4.69, 9.17) is 9.47 Å². The minimum atomic E-state index is -1.94. The summed E-state index contributed by atoms with van der Waals surface area (Å²) in [6, 6.07) is 10.9. The van der Waals surface area contributed by atoms with Crippen LogP contribution in [-0.4, -0.2) is 45.7 Å². The fourth-order valence-corrected chi connectivity index (χ4v) is 6.53. The van der Waals surface area contributed by atoms with Gasteiger partial charge < -0.3 is 9.47 Å². The molecule has 190 valence electrons. The Bertz CT molecular complexity index is 1330. The van der Waals surface area contributed by atoms with Crippen LogP contribution in [-0.2, 0) is 23.9 Å². The molecule has 2 spiro atoms. The molecular weight excluding hydrogens is 478 g/mol. The van der Waals surface area contributed by atoms with Crippen molar-refractivity contribution in [1.29, 1.82) is 0 Å². The van der Waals surface area contributed by atoms with Crippen LogP contribution in [0.3, 0.4) is 0 Å². The Kier molecular flexibility index (Phi) is 5.18. The fraction of sp³-hybridized carbons (Fsp3) is 0.407. The van der Waals surface area contributed by atoms with Crippen LogP contribution in [0.25, 0.3) is 0 Å². The molecule has 0 aromatic heterocycles. The molecule has 2 aromatic carbocycles. The molecule has 0 unspecified atom stereocenters. The number of Topliss-reactive ketones (excluding diaryl/α,β-unsaturated/α-hetero) is 1. The van der Waals surface area contributed by atoms with Gasteiger partial charge in [0.1, 0.15) is 12.1 Å². The van der Waals surface area contributed by atoms with Gasteiger partial charge in [-0.3, -0.25) is 29.5 Å². The van der Waals surface area contributed by atoms with Crippen molar-refractivity contribution >= 4 is 29.6 Å². The quantitative estimate of drug-likeness (QED) is 0.268. The Balaban J connectivity index is 1.58. The number of non-ortho nitro benzene ring substituents is 1. The van der Waals surface area contributed by atoms with Crippen molar-refractivity contribution in [1.82, 2.24) is 5.01 Å². The molecule has 3 aliphatic heterocycles. The van der Waals surface area contributed by atoms with E-state index in [9.17, 15) is 24.5 Å². The highest BCUT2D eigenvalue weighted by molar-refractivity contribution is 6.07. The molecule has 3 atom stereocenters. The van der Waals surface area contributed by atoms with Crippen molar-refractivity contribution < 1.29 is 28.8 Å². The minimum absolute atomic E-state index is 0.147. The monoisotopic (exact) mass is 503 g/mol. The van der Waals surface area contributed by atoms with E-state index in [2.05, 4.69) is 5.10 Å². The maximum Gasteiger partial charge on any atom is 0.330 e. The number of rotatable bonds is 3. The summed E-state index contributed by atoms with van der Waals surface area (Å²) >= 11 is 0. The zero-order chi connectivity index (χ0) is 25.9. The Morgan fingerprint density at radius 1 is 1.03 bits per heavy atom. The molecule has 2 aromatic rings. The zero-order valence-corrected chi connectivity index (χ0v) is 20.2. The van der Waals surface area contributed by atoms with Gasteiger partial charge in [0.2, 0.25) is 5.41 Å². The van der Waals surface area contributed by atoms with E-state index >= 15 is 0 Å². The summed E-state index contributed by atoms with van der Waals surface area (Å²) in [7, 11) is 0. The molecule has 10 nitrogen and oxygen atoms in total. The topological polar surface area (TPSA) is 128 Å². The number of hydrogen-bond acceptors (Lipinski definition) is 9. The smallest absolute Gasteiger partial charge is 0.330 e. The van der Waals surface area contributed by atoms with Crippen LogP contribution in [0.2, 0.25) is 0 Å². The van der Waals surface area contributed by atoms with Crippen molar-refractivity contribution in [3.05, 3.63) is 75.3 Å². The molecular formula is C27H25N3O7. The number of ether oxygens (including phenoxy) is 2. The molecule has 0 bridgehead atoms. The van der Waals surface area contributed by atoms with E-state index in [0.29, 0.717) is 29.5 Å². The average Bonchev–Trinajstić information content (AvgIpc) is 3.21. The lowest BCUT2D eigenvalue weighted by Gasteiger charge is -2.47. The third kappa shape index (κ3) is 3.24. The maximum absolute atomic E-state index is 14.3. The van der Waals surface area contributed by atoms with Crippen molar-refractivity contribution in [2.24, 2.45) is 10.5 Å². The van der Waals surface area contributed by atoms with E-state index in [0.717, 1.165) is 19.3 Å². The molecule has 1 aliphatic carbocycles. The summed E-state index contributed by atoms with van der Waals surface area (Å²) in [4.78, 5) is 52.5.